The Hall–Kier alpha value is -1.33. The Bertz CT molecular complexity index is 498. The van der Waals surface area contributed by atoms with Crippen LogP contribution in [0.1, 0.15) is 4.88 Å². The second-order valence-electron chi connectivity index (χ2n) is 5.17. The quantitative estimate of drug-likeness (QED) is 0.822. The van der Waals surface area contributed by atoms with Crippen molar-refractivity contribution in [3.63, 3.8) is 0 Å². The average molecular weight is 263 g/mol. The Morgan fingerprint density at radius 3 is 3.00 bits per heavy atom. The normalized spacial score (nSPS) is 32.6. The van der Waals surface area contributed by atoms with E-state index in [4.69, 9.17) is 0 Å². The summed E-state index contributed by atoms with van der Waals surface area (Å²) in [6.45, 7) is 5.60. The first-order valence-electron chi connectivity index (χ1n) is 6.02. The number of carbonyl (C=O) groups excluding carboxylic acids is 1. The minimum atomic E-state index is -0.288. The Balaban J connectivity index is 2.09. The van der Waals surface area contributed by atoms with Crippen LogP contribution in [0.25, 0.3) is 0 Å². The largest absolute Gasteiger partial charge is 0.359 e. The third kappa shape index (κ3) is 1.44. The fraction of sp³-hybridized carbons (Fsp3) is 0.462. The van der Waals surface area contributed by atoms with Gasteiger partial charge in [0, 0.05) is 25.0 Å². The number of rotatable bonds is 1. The van der Waals surface area contributed by atoms with Crippen LogP contribution in [0.4, 0.5) is 0 Å². The molecule has 0 unspecified atom stereocenters. The Morgan fingerprint density at radius 1 is 1.56 bits per heavy atom. The molecule has 2 atom stereocenters. The number of thiophene rings is 1. The third-order valence-electron chi connectivity index (χ3n) is 3.97. The first kappa shape index (κ1) is 11.7. The summed E-state index contributed by atoms with van der Waals surface area (Å²) < 4.78 is 0. The van der Waals surface area contributed by atoms with Crippen LogP contribution in [0.5, 0.6) is 0 Å². The molecule has 2 fully saturated rings. The maximum atomic E-state index is 12.5. The van der Waals surface area contributed by atoms with Gasteiger partial charge in [0.1, 0.15) is 5.82 Å². The van der Waals surface area contributed by atoms with E-state index in [9.17, 15) is 4.79 Å². The highest BCUT2D eigenvalue weighted by Gasteiger charge is 2.55. The van der Waals surface area contributed by atoms with Gasteiger partial charge in [-0.25, -0.2) is 0 Å². The molecule has 1 aromatic rings. The zero-order valence-corrected chi connectivity index (χ0v) is 11.5. The molecule has 0 aliphatic carbocycles. The second-order valence-corrected chi connectivity index (χ2v) is 6.11. The van der Waals surface area contributed by atoms with Crippen molar-refractivity contribution < 1.29 is 4.79 Å². The van der Waals surface area contributed by atoms with E-state index in [-0.39, 0.29) is 17.4 Å². The summed E-state index contributed by atoms with van der Waals surface area (Å²) >= 11 is 1.70. The molecule has 5 heteroatoms. The van der Waals surface area contributed by atoms with Gasteiger partial charge in [-0.15, -0.1) is 11.3 Å². The van der Waals surface area contributed by atoms with Crippen molar-refractivity contribution in [3.8, 4) is 0 Å². The van der Waals surface area contributed by atoms with E-state index >= 15 is 0 Å². The zero-order chi connectivity index (χ0) is 12.9. The van der Waals surface area contributed by atoms with Crippen molar-refractivity contribution >= 4 is 17.2 Å². The number of fused-ring (bicyclic) bond motifs is 1. The Labute approximate surface area is 111 Å². The molecule has 2 saturated heterocycles. The minimum absolute atomic E-state index is 0.0309. The molecule has 18 heavy (non-hydrogen) atoms. The van der Waals surface area contributed by atoms with Crippen molar-refractivity contribution in [1.82, 2.24) is 15.1 Å². The van der Waals surface area contributed by atoms with E-state index in [1.165, 1.54) is 4.88 Å². The van der Waals surface area contributed by atoms with Gasteiger partial charge < -0.3 is 15.1 Å². The molecule has 0 aromatic carbocycles. The highest BCUT2D eigenvalue weighted by atomic mass is 32.1. The minimum Gasteiger partial charge on any atom is -0.359 e. The molecule has 2 aliphatic heterocycles. The summed E-state index contributed by atoms with van der Waals surface area (Å²) in [6, 6.07) is 4.15. The smallest absolute Gasteiger partial charge is 0.235 e. The molecule has 3 heterocycles. The molecule has 0 spiro atoms. The van der Waals surface area contributed by atoms with E-state index in [0.29, 0.717) is 5.82 Å². The van der Waals surface area contributed by atoms with Crippen LogP contribution in [0.2, 0.25) is 0 Å². The van der Waals surface area contributed by atoms with Crippen LogP contribution >= 0.6 is 11.3 Å². The zero-order valence-electron chi connectivity index (χ0n) is 10.6. The number of carbonyl (C=O) groups is 1. The number of likely N-dealkylation sites (N-methyl/N-ethyl adjacent to an activating group) is 1. The standard InChI is InChI=1S/C13H17N3OS/c1-9-14-13(11-5-4-6-18-11)8-15(2)7-10(13)12(17)16(9)3/h4-6,10,14H,1,7-8H2,2-3H3/t10-,13-/m0/s1. The van der Waals surface area contributed by atoms with Gasteiger partial charge in [-0.1, -0.05) is 12.6 Å². The first-order valence-corrected chi connectivity index (χ1v) is 6.90. The Morgan fingerprint density at radius 2 is 2.33 bits per heavy atom. The third-order valence-corrected chi connectivity index (χ3v) is 5.02. The van der Waals surface area contributed by atoms with E-state index in [2.05, 4.69) is 35.3 Å². The summed E-state index contributed by atoms with van der Waals surface area (Å²) in [5, 5.41) is 5.55. The average Bonchev–Trinajstić information content (AvgIpc) is 2.94. The van der Waals surface area contributed by atoms with Crippen molar-refractivity contribution in [2.24, 2.45) is 5.92 Å². The topological polar surface area (TPSA) is 35.6 Å². The van der Waals surface area contributed by atoms with Gasteiger partial charge in [-0.05, 0) is 18.5 Å². The van der Waals surface area contributed by atoms with Gasteiger partial charge in [-0.3, -0.25) is 4.79 Å². The predicted molar refractivity (Wildman–Crippen MR) is 72.0 cm³/mol. The van der Waals surface area contributed by atoms with Crippen LogP contribution in [0.15, 0.2) is 29.9 Å². The molecule has 96 valence electrons. The molecule has 1 aromatic heterocycles. The van der Waals surface area contributed by atoms with E-state index < -0.39 is 0 Å². The van der Waals surface area contributed by atoms with E-state index in [1.54, 1.807) is 23.3 Å². The number of hydrogen-bond donors (Lipinski definition) is 1. The highest BCUT2D eigenvalue weighted by molar-refractivity contribution is 7.10. The van der Waals surface area contributed by atoms with Crippen molar-refractivity contribution in [2.45, 2.75) is 5.54 Å². The molecule has 3 rings (SSSR count). The van der Waals surface area contributed by atoms with Gasteiger partial charge in [0.25, 0.3) is 0 Å². The fourth-order valence-electron chi connectivity index (χ4n) is 3.04. The summed E-state index contributed by atoms with van der Waals surface area (Å²) in [5.41, 5.74) is -0.288. The van der Waals surface area contributed by atoms with Gasteiger partial charge in [0.2, 0.25) is 5.91 Å². The van der Waals surface area contributed by atoms with Crippen LogP contribution in [0.3, 0.4) is 0 Å². The number of nitrogens with one attached hydrogen (secondary N) is 1. The monoisotopic (exact) mass is 263 g/mol. The van der Waals surface area contributed by atoms with E-state index in [0.717, 1.165) is 13.1 Å². The lowest BCUT2D eigenvalue weighted by Crippen LogP contribution is -2.60. The van der Waals surface area contributed by atoms with Crippen LogP contribution < -0.4 is 5.32 Å². The molecule has 1 N–H and O–H groups in total. The van der Waals surface area contributed by atoms with Gasteiger partial charge in [0.05, 0.1) is 11.5 Å². The van der Waals surface area contributed by atoms with Crippen LogP contribution in [-0.4, -0.2) is 42.9 Å². The molecule has 2 aliphatic rings. The SMILES string of the molecule is C=C1N[C@@]2(c3cccs3)CN(C)C[C@H]2C(=O)N1C. The number of hydrogen-bond acceptors (Lipinski definition) is 4. The number of amides is 1. The molecular formula is C13H17N3OS. The molecule has 0 bridgehead atoms. The lowest BCUT2D eigenvalue weighted by Gasteiger charge is -2.43. The molecule has 0 saturated carbocycles. The van der Waals surface area contributed by atoms with Crippen molar-refractivity contribution in [1.29, 1.82) is 0 Å². The molecule has 1 amide bonds. The van der Waals surface area contributed by atoms with Gasteiger partial charge >= 0.3 is 0 Å². The molecule has 0 radical (unpaired) electrons. The second kappa shape index (κ2) is 3.83. The lowest BCUT2D eigenvalue weighted by atomic mass is 9.82. The predicted octanol–water partition coefficient (Wildman–Crippen LogP) is 1.04. The number of likely N-dealkylation sites (tertiary alicyclic amines) is 1. The maximum absolute atomic E-state index is 12.5. The van der Waals surface area contributed by atoms with Crippen molar-refractivity contribution in [2.75, 3.05) is 27.2 Å². The first-order chi connectivity index (χ1) is 8.54. The summed E-state index contributed by atoms with van der Waals surface area (Å²) in [6.07, 6.45) is 0. The molecule has 4 nitrogen and oxygen atoms in total. The highest BCUT2D eigenvalue weighted by Crippen LogP contribution is 2.42. The number of nitrogens with zero attached hydrogens (tertiary/aromatic N) is 2. The van der Waals surface area contributed by atoms with Gasteiger partial charge in [-0.2, -0.15) is 0 Å². The van der Waals surface area contributed by atoms with E-state index in [1.807, 2.05) is 6.07 Å². The van der Waals surface area contributed by atoms with Crippen molar-refractivity contribution in [3.05, 3.63) is 34.8 Å². The lowest BCUT2D eigenvalue weighted by molar-refractivity contribution is -0.137. The van der Waals surface area contributed by atoms with Crippen LogP contribution in [0, 0.1) is 5.92 Å². The molecular weight excluding hydrogens is 246 g/mol. The summed E-state index contributed by atoms with van der Waals surface area (Å²) in [5.74, 6) is 0.827. The van der Waals surface area contributed by atoms with Crippen LogP contribution in [-0.2, 0) is 10.3 Å². The summed E-state index contributed by atoms with van der Waals surface area (Å²) in [4.78, 5) is 17.5. The fourth-order valence-corrected chi connectivity index (χ4v) is 3.96. The summed E-state index contributed by atoms with van der Waals surface area (Å²) in [7, 11) is 3.85. The Kier molecular flexibility index (Phi) is 2.50. The maximum Gasteiger partial charge on any atom is 0.235 e. The van der Waals surface area contributed by atoms with Gasteiger partial charge in [0.15, 0.2) is 0 Å².